The predicted octanol–water partition coefficient (Wildman–Crippen LogP) is 4.58. The van der Waals surface area contributed by atoms with Crippen molar-refractivity contribution >= 4 is 38.2 Å². The Bertz CT molecular complexity index is 927. The molecule has 1 atom stereocenters. The monoisotopic (exact) mass is 404 g/mol. The van der Waals surface area contributed by atoms with Gasteiger partial charge in [-0.05, 0) is 37.3 Å². The maximum absolute atomic E-state index is 11.4. The van der Waals surface area contributed by atoms with Crippen LogP contribution in [0.25, 0.3) is 16.2 Å². The molecule has 2 aromatic heterocycles. The van der Waals surface area contributed by atoms with Gasteiger partial charge in [0.15, 0.2) is 4.96 Å². The minimum Gasteiger partial charge on any atom is -0.481 e. The largest absolute Gasteiger partial charge is 0.481 e. The molecule has 3 aromatic rings. The van der Waals surface area contributed by atoms with Crippen LogP contribution in [-0.4, -0.2) is 20.5 Å². The number of nitrogens with zero attached hydrogens (tertiary/aromatic N) is 2. The van der Waals surface area contributed by atoms with Gasteiger partial charge in [0.05, 0.1) is 17.8 Å². The van der Waals surface area contributed by atoms with Crippen molar-refractivity contribution in [1.29, 1.82) is 0 Å². The van der Waals surface area contributed by atoms with Gasteiger partial charge in [-0.2, -0.15) is 0 Å². The SMILES string of the molecule is CC1CCc2c(sc3nc(-c4ccc(Br)cc4)c(CC(=O)O)n23)C1. The maximum Gasteiger partial charge on any atom is 0.309 e. The number of carbonyl (C=O) groups is 1. The van der Waals surface area contributed by atoms with Crippen LogP contribution in [0.2, 0.25) is 0 Å². The zero-order valence-electron chi connectivity index (χ0n) is 13.3. The molecule has 4 rings (SSSR count). The van der Waals surface area contributed by atoms with Gasteiger partial charge in [-0.25, -0.2) is 4.98 Å². The van der Waals surface area contributed by atoms with Crippen molar-refractivity contribution in [3.8, 4) is 11.3 Å². The zero-order valence-corrected chi connectivity index (χ0v) is 15.7. The molecule has 1 N–H and O–H groups in total. The quantitative estimate of drug-likeness (QED) is 0.694. The maximum atomic E-state index is 11.4. The van der Waals surface area contributed by atoms with E-state index in [0.29, 0.717) is 5.92 Å². The molecular formula is C18H17BrN2O2S. The lowest BCUT2D eigenvalue weighted by Gasteiger charge is -2.18. The van der Waals surface area contributed by atoms with E-state index < -0.39 is 5.97 Å². The summed E-state index contributed by atoms with van der Waals surface area (Å²) in [6.45, 7) is 2.27. The molecule has 0 fully saturated rings. The van der Waals surface area contributed by atoms with Crippen molar-refractivity contribution in [2.75, 3.05) is 0 Å². The fourth-order valence-corrected chi connectivity index (χ4v) is 5.04. The molecule has 6 heteroatoms. The van der Waals surface area contributed by atoms with Gasteiger partial charge >= 0.3 is 5.97 Å². The Balaban J connectivity index is 1.92. The van der Waals surface area contributed by atoms with E-state index in [0.717, 1.165) is 45.6 Å². The third-order valence-corrected chi connectivity index (χ3v) is 6.23. The topological polar surface area (TPSA) is 54.6 Å². The molecule has 124 valence electrons. The molecule has 24 heavy (non-hydrogen) atoms. The molecule has 0 saturated heterocycles. The Morgan fingerprint density at radius 1 is 1.42 bits per heavy atom. The Kier molecular flexibility index (Phi) is 3.96. The molecule has 4 nitrogen and oxygen atoms in total. The standard InChI is InChI=1S/C18H17BrN2O2S/c1-10-2-7-13-15(8-10)24-18-20-17(11-3-5-12(19)6-4-11)14(21(13)18)9-16(22)23/h3-6,10H,2,7-9H2,1H3,(H,22,23). The first kappa shape index (κ1) is 15.8. The van der Waals surface area contributed by atoms with E-state index in [1.165, 1.54) is 10.6 Å². The van der Waals surface area contributed by atoms with Gasteiger partial charge < -0.3 is 5.11 Å². The average Bonchev–Trinajstić information content (AvgIpc) is 3.04. The van der Waals surface area contributed by atoms with E-state index in [1.807, 2.05) is 24.3 Å². The van der Waals surface area contributed by atoms with Crippen molar-refractivity contribution in [2.24, 2.45) is 5.92 Å². The van der Waals surface area contributed by atoms with Gasteiger partial charge in [0.25, 0.3) is 0 Å². The van der Waals surface area contributed by atoms with Crippen molar-refractivity contribution < 1.29 is 9.90 Å². The average molecular weight is 405 g/mol. The van der Waals surface area contributed by atoms with E-state index in [2.05, 4.69) is 27.3 Å². The zero-order chi connectivity index (χ0) is 16.8. The number of benzene rings is 1. The number of aryl methyl sites for hydroxylation is 1. The Morgan fingerprint density at radius 3 is 2.88 bits per heavy atom. The van der Waals surface area contributed by atoms with E-state index in [1.54, 1.807) is 11.3 Å². The molecule has 1 unspecified atom stereocenters. The number of rotatable bonds is 3. The summed E-state index contributed by atoms with van der Waals surface area (Å²) in [4.78, 5) is 18.5. The summed E-state index contributed by atoms with van der Waals surface area (Å²) in [6.07, 6.45) is 3.21. The Hall–Kier alpha value is -1.66. The summed E-state index contributed by atoms with van der Waals surface area (Å²) in [5.74, 6) is -0.131. The van der Waals surface area contributed by atoms with Gasteiger partial charge in [-0.1, -0.05) is 35.0 Å². The van der Waals surface area contributed by atoms with E-state index in [-0.39, 0.29) is 6.42 Å². The van der Waals surface area contributed by atoms with Gasteiger partial charge in [0, 0.05) is 20.6 Å². The van der Waals surface area contributed by atoms with Crippen LogP contribution in [0.1, 0.15) is 29.6 Å². The van der Waals surface area contributed by atoms with E-state index in [4.69, 9.17) is 4.98 Å². The van der Waals surface area contributed by atoms with Crippen molar-refractivity contribution in [3.63, 3.8) is 0 Å². The first-order valence-electron chi connectivity index (χ1n) is 8.02. The minimum absolute atomic E-state index is 0.00864. The summed E-state index contributed by atoms with van der Waals surface area (Å²) in [5.41, 5.74) is 3.81. The highest BCUT2D eigenvalue weighted by Gasteiger charge is 2.26. The van der Waals surface area contributed by atoms with Crippen LogP contribution in [0.4, 0.5) is 0 Å². The number of hydrogen-bond acceptors (Lipinski definition) is 3. The molecule has 1 aliphatic rings. The summed E-state index contributed by atoms with van der Waals surface area (Å²) >= 11 is 5.15. The second-order valence-corrected chi connectivity index (χ2v) is 8.40. The van der Waals surface area contributed by atoms with Gasteiger partial charge in [-0.15, -0.1) is 11.3 Å². The fraction of sp³-hybridized carbons (Fsp3) is 0.333. The third kappa shape index (κ3) is 2.67. The first-order chi connectivity index (χ1) is 11.5. The third-order valence-electron chi connectivity index (χ3n) is 4.59. The summed E-state index contributed by atoms with van der Waals surface area (Å²) in [5, 5.41) is 9.40. The van der Waals surface area contributed by atoms with Crippen LogP contribution in [-0.2, 0) is 24.1 Å². The van der Waals surface area contributed by atoms with Crippen LogP contribution in [0, 0.1) is 5.92 Å². The van der Waals surface area contributed by atoms with E-state index in [9.17, 15) is 9.90 Å². The highest BCUT2D eigenvalue weighted by atomic mass is 79.9. The number of imidazole rings is 1. The highest BCUT2D eigenvalue weighted by Crippen LogP contribution is 2.36. The number of fused-ring (bicyclic) bond motifs is 3. The van der Waals surface area contributed by atoms with E-state index >= 15 is 0 Å². The van der Waals surface area contributed by atoms with Crippen LogP contribution in [0.3, 0.4) is 0 Å². The molecule has 1 aromatic carbocycles. The highest BCUT2D eigenvalue weighted by molar-refractivity contribution is 9.10. The number of aliphatic carboxylic acids is 1. The smallest absolute Gasteiger partial charge is 0.309 e. The number of aromatic nitrogens is 2. The molecule has 0 saturated carbocycles. The summed E-state index contributed by atoms with van der Waals surface area (Å²) in [7, 11) is 0. The molecule has 1 aliphatic carbocycles. The Labute approximate surface area is 152 Å². The fourth-order valence-electron chi connectivity index (χ4n) is 3.43. The van der Waals surface area contributed by atoms with Crippen LogP contribution < -0.4 is 0 Å². The van der Waals surface area contributed by atoms with Crippen LogP contribution in [0.15, 0.2) is 28.7 Å². The molecule has 0 amide bonds. The second-order valence-electron chi connectivity index (χ2n) is 6.42. The normalized spacial score (nSPS) is 17.2. The molecule has 2 heterocycles. The van der Waals surface area contributed by atoms with Crippen molar-refractivity contribution in [1.82, 2.24) is 9.38 Å². The summed E-state index contributed by atoms with van der Waals surface area (Å²) < 4.78 is 3.11. The molecular weight excluding hydrogens is 388 g/mol. The number of thiazole rings is 1. The predicted molar refractivity (Wildman–Crippen MR) is 98.7 cm³/mol. The number of halogens is 1. The number of carboxylic acid groups (broad SMARTS) is 1. The molecule has 0 spiro atoms. The molecule has 0 aliphatic heterocycles. The lowest BCUT2D eigenvalue weighted by Crippen LogP contribution is -2.13. The minimum atomic E-state index is -0.820. The van der Waals surface area contributed by atoms with Crippen molar-refractivity contribution in [2.45, 2.75) is 32.6 Å². The van der Waals surface area contributed by atoms with Gasteiger partial charge in [0.1, 0.15) is 0 Å². The Morgan fingerprint density at radius 2 is 2.17 bits per heavy atom. The number of carboxylic acids is 1. The van der Waals surface area contributed by atoms with Crippen LogP contribution in [0.5, 0.6) is 0 Å². The number of hydrogen-bond donors (Lipinski definition) is 1. The lowest BCUT2D eigenvalue weighted by atomic mass is 9.93. The van der Waals surface area contributed by atoms with Gasteiger partial charge in [-0.3, -0.25) is 9.20 Å². The van der Waals surface area contributed by atoms with Crippen LogP contribution >= 0.6 is 27.3 Å². The molecule has 0 bridgehead atoms. The first-order valence-corrected chi connectivity index (χ1v) is 9.63. The van der Waals surface area contributed by atoms with Crippen molar-refractivity contribution in [3.05, 3.63) is 45.0 Å². The summed E-state index contributed by atoms with van der Waals surface area (Å²) in [6, 6.07) is 7.89. The van der Waals surface area contributed by atoms with Gasteiger partial charge in [0.2, 0.25) is 0 Å². The second kappa shape index (κ2) is 6.01. The lowest BCUT2D eigenvalue weighted by molar-refractivity contribution is -0.136. The molecule has 0 radical (unpaired) electrons.